The maximum absolute atomic E-state index is 13.1. The molecule has 3 aromatic rings. The number of likely N-dealkylation sites (tertiary alicyclic amines) is 2. The average molecular weight is 433 g/mol. The number of rotatable bonds is 6. The number of amides is 2. The van der Waals surface area contributed by atoms with Crippen molar-refractivity contribution in [1.29, 1.82) is 0 Å². The number of carbonyl (C=O) groups excluding carboxylic acids is 2. The maximum Gasteiger partial charge on any atom is 0.263 e. The normalized spacial score (nSPS) is 23.4. The second-order valence-corrected chi connectivity index (χ2v) is 9.61. The highest BCUT2D eigenvalue weighted by Crippen LogP contribution is 2.38. The van der Waals surface area contributed by atoms with Gasteiger partial charge < -0.3 is 10.6 Å². The second kappa shape index (κ2) is 8.44. The Morgan fingerprint density at radius 1 is 1.03 bits per heavy atom. The number of thiophene rings is 1. The van der Waals surface area contributed by atoms with E-state index in [1.54, 1.807) is 0 Å². The van der Waals surface area contributed by atoms with Gasteiger partial charge in [0.2, 0.25) is 5.91 Å². The molecule has 5 nitrogen and oxygen atoms in total. The van der Waals surface area contributed by atoms with Crippen molar-refractivity contribution in [1.82, 2.24) is 9.80 Å². The molecular weight excluding hydrogens is 406 g/mol. The van der Waals surface area contributed by atoms with E-state index < -0.39 is 0 Å². The van der Waals surface area contributed by atoms with E-state index in [0.717, 1.165) is 34.5 Å². The fourth-order valence-corrected chi connectivity index (χ4v) is 6.18. The molecule has 2 unspecified atom stereocenters. The molecule has 31 heavy (non-hydrogen) atoms. The third-order valence-corrected chi connectivity index (χ3v) is 7.67. The largest absolute Gasteiger partial charge is 0.368 e. The van der Waals surface area contributed by atoms with Crippen LogP contribution < -0.4 is 5.73 Å². The SMILES string of the molecule is NC(=O)C1[C@@H]2CN(C(=O)c3cc4ccccc4s3)CC2CN1CC[CH]c1ccccc1. The highest BCUT2D eigenvalue weighted by molar-refractivity contribution is 7.20. The molecule has 0 spiro atoms. The van der Waals surface area contributed by atoms with Crippen LogP contribution in [0.5, 0.6) is 0 Å². The van der Waals surface area contributed by atoms with Gasteiger partial charge in [0.1, 0.15) is 0 Å². The zero-order valence-electron chi connectivity index (χ0n) is 17.3. The third kappa shape index (κ3) is 3.98. The summed E-state index contributed by atoms with van der Waals surface area (Å²) in [7, 11) is 0. The van der Waals surface area contributed by atoms with Crippen LogP contribution in [0.15, 0.2) is 60.7 Å². The number of hydrogen-bond donors (Lipinski definition) is 1. The van der Waals surface area contributed by atoms with E-state index in [9.17, 15) is 9.59 Å². The Kier molecular flexibility index (Phi) is 5.50. The van der Waals surface area contributed by atoms with Crippen LogP contribution in [0.25, 0.3) is 10.1 Å². The Morgan fingerprint density at radius 3 is 2.58 bits per heavy atom. The Hall–Kier alpha value is -2.70. The molecule has 0 saturated carbocycles. The van der Waals surface area contributed by atoms with Gasteiger partial charge in [-0.25, -0.2) is 0 Å². The van der Waals surface area contributed by atoms with Gasteiger partial charge in [0, 0.05) is 30.3 Å². The zero-order valence-corrected chi connectivity index (χ0v) is 18.1. The molecule has 2 N–H and O–H groups in total. The van der Waals surface area contributed by atoms with Gasteiger partial charge in [0.25, 0.3) is 5.91 Å². The van der Waals surface area contributed by atoms with Gasteiger partial charge in [-0.2, -0.15) is 0 Å². The lowest BCUT2D eigenvalue weighted by Crippen LogP contribution is -2.46. The summed E-state index contributed by atoms with van der Waals surface area (Å²) in [4.78, 5) is 30.4. The van der Waals surface area contributed by atoms with Crippen molar-refractivity contribution < 1.29 is 9.59 Å². The van der Waals surface area contributed by atoms with Gasteiger partial charge in [-0.3, -0.25) is 14.5 Å². The molecule has 0 aliphatic carbocycles. The highest BCUT2D eigenvalue weighted by atomic mass is 32.1. The van der Waals surface area contributed by atoms with E-state index in [1.165, 1.54) is 16.9 Å². The Bertz CT molecular complexity index is 1060. The van der Waals surface area contributed by atoms with Crippen LogP contribution in [0.4, 0.5) is 0 Å². The Labute approximate surface area is 186 Å². The van der Waals surface area contributed by atoms with E-state index in [2.05, 4.69) is 23.5 Å². The molecule has 1 aromatic heterocycles. The van der Waals surface area contributed by atoms with Gasteiger partial charge in [-0.1, -0.05) is 48.5 Å². The molecule has 2 aromatic carbocycles. The predicted octanol–water partition coefficient (Wildman–Crippen LogP) is 3.40. The summed E-state index contributed by atoms with van der Waals surface area (Å²) in [6.07, 6.45) is 3.07. The molecule has 2 amide bonds. The smallest absolute Gasteiger partial charge is 0.263 e. The molecule has 1 radical (unpaired) electrons. The van der Waals surface area contributed by atoms with Crippen molar-refractivity contribution in [3.63, 3.8) is 0 Å². The first kappa shape index (κ1) is 20.2. The van der Waals surface area contributed by atoms with Gasteiger partial charge in [-0.05, 0) is 48.4 Å². The quantitative estimate of drug-likeness (QED) is 0.649. The summed E-state index contributed by atoms with van der Waals surface area (Å²) >= 11 is 1.54. The lowest BCUT2D eigenvalue weighted by Gasteiger charge is -2.27. The van der Waals surface area contributed by atoms with Crippen LogP contribution in [-0.4, -0.2) is 53.8 Å². The molecule has 0 bridgehead atoms. The van der Waals surface area contributed by atoms with E-state index in [-0.39, 0.29) is 23.8 Å². The second-order valence-electron chi connectivity index (χ2n) is 8.53. The number of hydrogen-bond acceptors (Lipinski definition) is 4. The number of primary amides is 1. The number of fused-ring (bicyclic) bond motifs is 2. The maximum atomic E-state index is 13.1. The molecular formula is C25H26N3O2S. The highest BCUT2D eigenvalue weighted by Gasteiger charge is 2.50. The number of carbonyl (C=O) groups is 2. The number of nitrogens with zero attached hydrogens (tertiary/aromatic N) is 2. The molecule has 3 atom stereocenters. The zero-order chi connectivity index (χ0) is 21.4. The molecule has 3 heterocycles. The fraction of sp³-hybridized carbons (Fsp3) is 0.320. The van der Waals surface area contributed by atoms with E-state index >= 15 is 0 Å². The van der Waals surface area contributed by atoms with Crippen molar-refractivity contribution in [2.75, 3.05) is 26.2 Å². The van der Waals surface area contributed by atoms with Gasteiger partial charge >= 0.3 is 0 Å². The van der Waals surface area contributed by atoms with Crippen molar-refractivity contribution in [2.45, 2.75) is 12.5 Å². The monoisotopic (exact) mass is 432 g/mol. The molecule has 2 fully saturated rings. The first-order valence-electron chi connectivity index (χ1n) is 10.8. The number of nitrogens with two attached hydrogens (primary N) is 1. The van der Waals surface area contributed by atoms with Crippen LogP contribution in [0, 0.1) is 18.3 Å². The van der Waals surface area contributed by atoms with Gasteiger partial charge in [0.15, 0.2) is 0 Å². The van der Waals surface area contributed by atoms with Crippen molar-refractivity contribution in [2.24, 2.45) is 17.6 Å². The molecule has 2 aliphatic rings. The summed E-state index contributed by atoms with van der Waals surface area (Å²) < 4.78 is 1.13. The first-order chi connectivity index (χ1) is 15.1. The van der Waals surface area contributed by atoms with Crippen LogP contribution in [0.1, 0.15) is 21.7 Å². The molecule has 2 saturated heterocycles. The van der Waals surface area contributed by atoms with Crippen molar-refractivity contribution in [3.05, 3.63) is 77.5 Å². The minimum Gasteiger partial charge on any atom is -0.368 e. The Morgan fingerprint density at radius 2 is 1.81 bits per heavy atom. The predicted molar refractivity (Wildman–Crippen MR) is 124 cm³/mol. The lowest BCUT2D eigenvalue weighted by molar-refractivity contribution is -0.123. The fourth-order valence-electron chi connectivity index (χ4n) is 5.15. The molecule has 5 rings (SSSR count). The molecule has 159 valence electrons. The summed E-state index contributed by atoms with van der Waals surface area (Å²) in [6.45, 7) is 2.92. The van der Waals surface area contributed by atoms with Gasteiger partial charge in [0.05, 0.1) is 10.9 Å². The number of benzene rings is 2. The van der Waals surface area contributed by atoms with Crippen LogP contribution in [0.2, 0.25) is 0 Å². The van der Waals surface area contributed by atoms with Crippen molar-refractivity contribution >= 4 is 33.2 Å². The lowest BCUT2D eigenvalue weighted by atomic mass is 9.94. The standard InChI is InChI=1S/C25H26N3O2S/c26-24(29)23-20-16-28(25(30)22-13-18-10-4-5-11-21(18)31-22)15-19(20)14-27(23)12-6-9-17-7-2-1-3-8-17/h1-5,7-11,13,19-20,23H,6,12,14-16H2,(H2,26,29)/t19?,20-,23?/m1/s1. The minimum absolute atomic E-state index is 0.0720. The van der Waals surface area contributed by atoms with Crippen LogP contribution in [-0.2, 0) is 4.79 Å². The van der Waals surface area contributed by atoms with Crippen LogP contribution >= 0.6 is 11.3 Å². The van der Waals surface area contributed by atoms with Gasteiger partial charge in [-0.15, -0.1) is 11.3 Å². The molecule has 2 aliphatic heterocycles. The van der Waals surface area contributed by atoms with Crippen molar-refractivity contribution in [3.8, 4) is 0 Å². The van der Waals surface area contributed by atoms with E-state index in [0.29, 0.717) is 19.0 Å². The molecule has 6 heteroatoms. The van der Waals surface area contributed by atoms with E-state index in [1.807, 2.05) is 53.4 Å². The Balaban J connectivity index is 1.24. The third-order valence-electron chi connectivity index (χ3n) is 6.57. The summed E-state index contributed by atoms with van der Waals surface area (Å²) in [6, 6.07) is 20.0. The summed E-state index contributed by atoms with van der Waals surface area (Å²) in [5.74, 6) is 0.214. The minimum atomic E-state index is -0.297. The topological polar surface area (TPSA) is 66.6 Å². The first-order valence-corrected chi connectivity index (χ1v) is 11.6. The van der Waals surface area contributed by atoms with Crippen LogP contribution in [0.3, 0.4) is 0 Å². The van der Waals surface area contributed by atoms with E-state index in [4.69, 9.17) is 5.73 Å². The average Bonchev–Trinajstić information content (AvgIpc) is 3.46. The summed E-state index contributed by atoms with van der Waals surface area (Å²) in [5.41, 5.74) is 7.01. The summed E-state index contributed by atoms with van der Waals surface area (Å²) in [5, 5.41) is 1.10.